The van der Waals surface area contributed by atoms with Crippen molar-refractivity contribution in [2.24, 2.45) is 11.8 Å². The first-order valence-electron chi connectivity index (χ1n) is 8.58. The largest absolute Gasteiger partial charge is 0.364 e. The number of carbonyl (C=O) groups excluding carboxylic acids is 2. The molecule has 2 heterocycles. The van der Waals surface area contributed by atoms with Crippen molar-refractivity contribution in [1.29, 1.82) is 0 Å². The van der Waals surface area contributed by atoms with Gasteiger partial charge in [0.05, 0.1) is 6.54 Å². The van der Waals surface area contributed by atoms with E-state index in [0.29, 0.717) is 25.5 Å². The third-order valence-corrected chi connectivity index (χ3v) is 5.13. The van der Waals surface area contributed by atoms with Crippen LogP contribution in [0.1, 0.15) is 44.2 Å². The van der Waals surface area contributed by atoms with Crippen LogP contribution < -0.4 is 0 Å². The van der Waals surface area contributed by atoms with Crippen LogP contribution in [-0.4, -0.2) is 46.9 Å². The normalized spacial score (nSPS) is 20.0. The van der Waals surface area contributed by atoms with E-state index in [4.69, 9.17) is 4.52 Å². The second-order valence-corrected chi connectivity index (χ2v) is 6.77. The van der Waals surface area contributed by atoms with Crippen molar-refractivity contribution < 1.29 is 14.1 Å². The zero-order valence-corrected chi connectivity index (χ0v) is 13.7. The molecule has 0 N–H and O–H groups in total. The lowest BCUT2D eigenvalue weighted by Crippen LogP contribution is -2.45. The lowest BCUT2D eigenvalue weighted by molar-refractivity contribution is -0.142. The molecule has 1 aromatic heterocycles. The Morgan fingerprint density at radius 2 is 1.91 bits per heavy atom. The van der Waals surface area contributed by atoms with Gasteiger partial charge in [0.25, 0.3) is 0 Å². The molecule has 6 heteroatoms. The second-order valence-electron chi connectivity index (χ2n) is 6.77. The van der Waals surface area contributed by atoms with E-state index in [-0.39, 0.29) is 17.7 Å². The van der Waals surface area contributed by atoms with Crippen LogP contribution in [0.5, 0.6) is 0 Å². The number of hydrogen-bond acceptors (Lipinski definition) is 4. The third-order valence-electron chi connectivity index (χ3n) is 5.13. The zero-order chi connectivity index (χ0) is 16.2. The van der Waals surface area contributed by atoms with Gasteiger partial charge in [-0.25, -0.2) is 0 Å². The molecule has 2 amide bonds. The van der Waals surface area contributed by atoms with Crippen LogP contribution in [0.25, 0.3) is 0 Å². The Bertz CT molecular complexity index is 529. The Morgan fingerprint density at radius 1 is 1.22 bits per heavy atom. The van der Waals surface area contributed by atoms with Gasteiger partial charge in [-0.3, -0.25) is 9.59 Å². The standard InChI is InChI=1S/C17H25N3O3/c1-19(12-15-8-11-23-18-15)16(21)14-6-9-20(10-7-14)17(22)13-4-2-3-5-13/h8,11,13-14H,2-7,9-10,12H2,1H3. The second kappa shape index (κ2) is 7.15. The summed E-state index contributed by atoms with van der Waals surface area (Å²) in [5.41, 5.74) is 0.759. The summed E-state index contributed by atoms with van der Waals surface area (Å²) in [5.74, 6) is 0.696. The number of amides is 2. The van der Waals surface area contributed by atoms with Gasteiger partial charge in [-0.1, -0.05) is 18.0 Å². The van der Waals surface area contributed by atoms with E-state index in [9.17, 15) is 9.59 Å². The molecule has 126 valence electrons. The minimum atomic E-state index is 0.0135. The van der Waals surface area contributed by atoms with Crippen LogP contribution in [0, 0.1) is 11.8 Å². The Balaban J connectivity index is 1.48. The molecule has 1 aliphatic carbocycles. The van der Waals surface area contributed by atoms with Gasteiger partial charge in [0.2, 0.25) is 11.8 Å². The first-order chi connectivity index (χ1) is 11.1. The molecule has 1 saturated heterocycles. The molecule has 2 fully saturated rings. The minimum absolute atomic E-state index is 0.0135. The van der Waals surface area contributed by atoms with Crippen molar-refractivity contribution in [3.05, 3.63) is 18.0 Å². The van der Waals surface area contributed by atoms with Crippen LogP contribution in [0.2, 0.25) is 0 Å². The molecule has 0 unspecified atom stereocenters. The fourth-order valence-corrected chi connectivity index (χ4v) is 3.73. The van der Waals surface area contributed by atoms with E-state index in [1.165, 1.54) is 19.1 Å². The quantitative estimate of drug-likeness (QED) is 0.852. The minimum Gasteiger partial charge on any atom is -0.364 e. The van der Waals surface area contributed by atoms with E-state index in [1.807, 2.05) is 4.90 Å². The molecule has 0 atom stereocenters. The highest BCUT2D eigenvalue weighted by atomic mass is 16.5. The number of nitrogens with zero attached hydrogens (tertiary/aromatic N) is 3. The smallest absolute Gasteiger partial charge is 0.225 e. The van der Waals surface area contributed by atoms with Gasteiger partial charge in [-0.05, 0) is 25.7 Å². The van der Waals surface area contributed by atoms with Crippen molar-refractivity contribution in [2.45, 2.75) is 45.1 Å². The van der Waals surface area contributed by atoms with Gasteiger partial charge in [-0.2, -0.15) is 0 Å². The first kappa shape index (κ1) is 16.0. The van der Waals surface area contributed by atoms with Gasteiger partial charge in [-0.15, -0.1) is 0 Å². The fraction of sp³-hybridized carbons (Fsp3) is 0.706. The number of likely N-dealkylation sites (tertiary alicyclic amines) is 1. The molecule has 3 rings (SSSR count). The van der Waals surface area contributed by atoms with Gasteiger partial charge in [0.1, 0.15) is 12.0 Å². The predicted octanol–water partition coefficient (Wildman–Crippen LogP) is 2.06. The molecule has 0 spiro atoms. The average Bonchev–Trinajstić information content (AvgIpc) is 3.27. The highest BCUT2D eigenvalue weighted by molar-refractivity contribution is 5.81. The maximum atomic E-state index is 12.5. The third kappa shape index (κ3) is 3.74. The van der Waals surface area contributed by atoms with E-state index in [2.05, 4.69) is 5.16 Å². The van der Waals surface area contributed by atoms with E-state index < -0.39 is 0 Å². The summed E-state index contributed by atoms with van der Waals surface area (Å²) in [6.45, 7) is 1.89. The number of piperidine rings is 1. The predicted molar refractivity (Wildman–Crippen MR) is 84.2 cm³/mol. The summed E-state index contributed by atoms with van der Waals surface area (Å²) in [5, 5.41) is 3.84. The average molecular weight is 319 g/mol. The molecule has 1 saturated carbocycles. The summed E-state index contributed by atoms with van der Waals surface area (Å²) < 4.78 is 4.80. The number of aromatic nitrogens is 1. The van der Waals surface area contributed by atoms with Crippen LogP contribution >= 0.6 is 0 Å². The van der Waals surface area contributed by atoms with Crippen molar-refractivity contribution in [1.82, 2.24) is 15.0 Å². The molecular weight excluding hydrogens is 294 g/mol. The SMILES string of the molecule is CN(Cc1ccon1)C(=O)C1CCN(C(=O)C2CCCC2)CC1. The monoisotopic (exact) mass is 319 g/mol. The van der Waals surface area contributed by atoms with Crippen LogP contribution in [0.4, 0.5) is 0 Å². The molecule has 6 nitrogen and oxygen atoms in total. The number of rotatable bonds is 4. The summed E-state index contributed by atoms with van der Waals surface area (Å²) in [6.07, 6.45) is 7.48. The lowest BCUT2D eigenvalue weighted by atomic mass is 9.94. The Morgan fingerprint density at radius 3 is 2.52 bits per heavy atom. The van der Waals surface area contributed by atoms with Gasteiger partial charge >= 0.3 is 0 Å². The van der Waals surface area contributed by atoms with Crippen molar-refractivity contribution in [3.8, 4) is 0 Å². The Kier molecular flexibility index (Phi) is 4.98. The number of carbonyl (C=O) groups is 2. The molecule has 0 radical (unpaired) electrons. The fourth-order valence-electron chi connectivity index (χ4n) is 3.73. The maximum absolute atomic E-state index is 12.5. The number of hydrogen-bond donors (Lipinski definition) is 0. The molecule has 1 aliphatic heterocycles. The Hall–Kier alpha value is -1.85. The van der Waals surface area contributed by atoms with Crippen molar-refractivity contribution >= 4 is 11.8 Å². The molecule has 0 aromatic carbocycles. The molecule has 0 bridgehead atoms. The van der Waals surface area contributed by atoms with E-state index in [1.54, 1.807) is 18.0 Å². The molecule has 2 aliphatic rings. The van der Waals surface area contributed by atoms with Gasteiger partial charge < -0.3 is 14.3 Å². The summed E-state index contributed by atoms with van der Waals surface area (Å²) in [7, 11) is 1.80. The van der Waals surface area contributed by atoms with E-state index >= 15 is 0 Å². The summed E-state index contributed by atoms with van der Waals surface area (Å²) >= 11 is 0. The van der Waals surface area contributed by atoms with Crippen LogP contribution in [-0.2, 0) is 16.1 Å². The molecule has 1 aromatic rings. The summed E-state index contributed by atoms with van der Waals surface area (Å²) in [6, 6.07) is 1.77. The first-order valence-corrected chi connectivity index (χ1v) is 8.58. The topological polar surface area (TPSA) is 66.7 Å². The Labute approximate surface area is 136 Å². The van der Waals surface area contributed by atoms with E-state index in [0.717, 1.165) is 31.4 Å². The molecular formula is C17H25N3O3. The van der Waals surface area contributed by atoms with Crippen LogP contribution in [0.3, 0.4) is 0 Å². The highest BCUT2D eigenvalue weighted by Crippen LogP contribution is 2.28. The lowest BCUT2D eigenvalue weighted by Gasteiger charge is -2.34. The zero-order valence-electron chi connectivity index (χ0n) is 13.7. The van der Waals surface area contributed by atoms with Gasteiger partial charge in [0.15, 0.2) is 0 Å². The van der Waals surface area contributed by atoms with Crippen molar-refractivity contribution in [3.63, 3.8) is 0 Å². The van der Waals surface area contributed by atoms with Gasteiger partial charge in [0, 0.05) is 38.0 Å². The van der Waals surface area contributed by atoms with Crippen LogP contribution in [0.15, 0.2) is 16.9 Å². The van der Waals surface area contributed by atoms with Crippen molar-refractivity contribution in [2.75, 3.05) is 20.1 Å². The highest BCUT2D eigenvalue weighted by Gasteiger charge is 2.32. The maximum Gasteiger partial charge on any atom is 0.225 e. The summed E-state index contributed by atoms with van der Waals surface area (Å²) in [4.78, 5) is 28.6. The molecule has 23 heavy (non-hydrogen) atoms.